The molecule has 172 valence electrons. The van der Waals surface area contributed by atoms with Crippen LogP contribution in [0.2, 0.25) is 0 Å². The van der Waals surface area contributed by atoms with E-state index in [1.165, 1.54) is 0 Å². The summed E-state index contributed by atoms with van der Waals surface area (Å²) in [7, 11) is 0. The first-order chi connectivity index (χ1) is 15.2. The summed E-state index contributed by atoms with van der Waals surface area (Å²) in [4.78, 5) is 38.1. The normalized spacial score (nSPS) is 12.9. The van der Waals surface area contributed by atoms with Gasteiger partial charge in [0, 0.05) is 12.8 Å². The van der Waals surface area contributed by atoms with Gasteiger partial charge in [0.25, 0.3) is 0 Å². The van der Waals surface area contributed by atoms with Crippen molar-refractivity contribution in [1.82, 2.24) is 10.6 Å². The van der Waals surface area contributed by atoms with Crippen LogP contribution < -0.4 is 10.6 Å². The zero-order valence-corrected chi connectivity index (χ0v) is 19.1. The second-order valence-corrected chi connectivity index (χ2v) is 8.39. The number of carbonyl (C=O) groups excluding carboxylic acids is 3. The molecule has 7 heteroatoms. The second kappa shape index (κ2) is 11.9. The number of alkyl carbamates (subject to hydrolysis) is 1. The van der Waals surface area contributed by atoms with Crippen LogP contribution >= 0.6 is 0 Å². The molecule has 32 heavy (non-hydrogen) atoms. The molecule has 0 unspecified atom stereocenters. The van der Waals surface area contributed by atoms with Crippen molar-refractivity contribution in [2.75, 3.05) is 6.61 Å². The Hall–Kier alpha value is -3.35. The molecule has 0 saturated heterocycles. The quantitative estimate of drug-likeness (QED) is 0.583. The summed E-state index contributed by atoms with van der Waals surface area (Å²) in [5.41, 5.74) is 1.03. The van der Waals surface area contributed by atoms with Gasteiger partial charge in [0.2, 0.25) is 5.91 Å². The number of nitrogens with one attached hydrogen (secondary N) is 2. The summed E-state index contributed by atoms with van der Waals surface area (Å²) in [5.74, 6) is -1.02. The molecule has 2 aromatic rings. The summed E-state index contributed by atoms with van der Waals surface area (Å²) in [6.45, 7) is 7.14. The minimum atomic E-state index is -0.931. The third-order valence-corrected chi connectivity index (χ3v) is 4.46. The van der Waals surface area contributed by atoms with Crippen molar-refractivity contribution in [3.05, 3.63) is 71.8 Å². The van der Waals surface area contributed by atoms with Gasteiger partial charge in [-0.2, -0.15) is 0 Å². The van der Waals surface area contributed by atoms with Crippen LogP contribution in [0, 0.1) is 0 Å². The van der Waals surface area contributed by atoms with Gasteiger partial charge in [-0.3, -0.25) is 4.79 Å². The van der Waals surface area contributed by atoms with Crippen LogP contribution in [0.1, 0.15) is 38.8 Å². The maximum atomic E-state index is 13.2. The Morgan fingerprint density at radius 3 is 1.78 bits per heavy atom. The van der Waals surface area contributed by atoms with E-state index in [-0.39, 0.29) is 19.4 Å². The molecule has 0 bridgehead atoms. The SMILES string of the molecule is CCOC(=O)[C@H](Cc1ccccc1)NC(=O)[C@H](Cc1ccccc1)NC(=O)OC(C)(C)C. The van der Waals surface area contributed by atoms with Crippen LogP contribution in [-0.4, -0.2) is 42.3 Å². The second-order valence-electron chi connectivity index (χ2n) is 8.39. The predicted octanol–water partition coefficient (Wildman–Crippen LogP) is 3.41. The fourth-order valence-corrected chi connectivity index (χ4v) is 3.07. The van der Waals surface area contributed by atoms with Crippen LogP contribution in [0.5, 0.6) is 0 Å². The number of ether oxygens (including phenoxy) is 2. The average molecular weight is 441 g/mol. The van der Waals surface area contributed by atoms with Crippen molar-refractivity contribution in [2.45, 2.75) is 58.2 Å². The third-order valence-electron chi connectivity index (χ3n) is 4.46. The molecule has 2 atom stereocenters. The fourth-order valence-electron chi connectivity index (χ4n) is 3.07. The Kier molecular flexibility index (Phi) is 9.25. The van der Waals surface area contributed by atoms with E-state index in [1.807, 2.05) is 60.7 Å². The molecule has 0 aromatic heterocycles. The molecule has 0 spiro atoms. The van der Waals surface area contributed by atoms with Crippen LogP contribution in [0.4, 0.5) is 4.79 Å². The summed E-state index contributed by atoms with van der Waals surface area (Å²) < 4.78 is 10.5. The molecule has 0 heterocycles. The molecule has 0 aliphatic heterocycles. The molecule has 0 saturated carbocycles. The van der Waals surface area contributed by atoms with E-state index in [0.717, 1.165) is 11.1 Å². The Balaban J connectivity index is 2.19. The lowest BCUT2D eigenvalue weighted by atomic mass is 10.0. The van der Waals surface area contributed by atoms with E-state index in [4.69, 9.17) is 9.47 Å². The molecular weight excluding hydrogens is 408 g/mol. The van der Waals surface area contributed by atoms with Crippen LogP contribution in [0.25, 0.3) is 0 Å². The van der Waals surface area contributed by atoms with Gasteiger partial charge in [0.05, 0.1) is 6.61 Å². The fraction of sp³-hybridized carbons (Fsp3) is 0.400. The number of hydrogen-bond acceptors (Lipinski definition) is 5. The van der Waals surface area contributed by atoms with Crippen molar-refractivity contribution < 1.29 is 23.9 Å². The van der Waals surface area contributed by atoms with Gasteiger partial charge in [0.1, 0.15) is 17.7 Å². The van der Waals surface area contributed by atoms with Crippen LogP contribution in [0.15, 0.2) is 60.7 Å². The van der Waals surface area contributed by atoms with E-state index in [9.17, 15) is 14.4 Å². The Bertz CT molecular complexity index is 878. The highest BCUT2D eigenvalue weighted by molar-refractivity contribution is 5.90. The molecule has 0 radical (unpaired) electrons. The first-order valence-electron chi connectivity index (χ1n) is 10.7. The molecule has 0 aliphatic rings. The van der Waals surface area contributed by atoms with Crippen molar-refractivity contribution in [1.29, 1.82) is 0 Å². The lowest BCUT2D eigenvalue weighted by molar-refractivity contribution is -0.147. The van der Waals surface area contributed by atoms with Gasteiger partial charge in [-0.15, -0.1) is 0 Å². The molecular formula is C25H32N2O5. The van der Waals surface area contributed by atoms with Gasteiger partial charge in [-0.25, -0.2) is 9.59 Å². The van der Waals surface area contributed by atoms with Crippen molar-refractivity contribution in [2.24, 2.45) is 0 Å². The van der Waals surface area contributed by atoms with Crippen LogP contribution in [0.3, 0.4) is 0 Å². The zero-order valence-electron chi connectivity index (χ0n) is 19.1. The number of benzene rings is 2. The standard InChI is InChI=1S/C25H32N2O5/c1-5-31-23(29)21(17-19-14-10-7-11-15-19)26-22(28)20(16-18-12-8-6-9-13-18)27-24(30)32-25(2,3)4/h6-15,20-21H,5,16-17H2,1-4H3,(H,26,28)(H,27,30)/t20-,21-/m0/s1. The van der Waals surface area contributed by atoms with Crippen molar-refractivity contribution in [3.63, 3.8) is 0 Å². The minimum absolute atomic E-state index is 0.198. The van der Waals surface area contributed by atoms with E-state index < -0.39 is 35.7 Å². The molecule has 0 aliphatic carbocycles. The summed E-state index contributed by atoms with van der Waals surface area (Å²) in [6, 6.07) is 16.8. The summed E-state index contributed by atoms with van der Waals surface area (Å²) >= 11 is 0. The number of esters is 1. The maximum Gasteiger partial charge on any atom is 0.408 e. The van der Waals surface area contributed by atoms with Gasteiger partial charge >= 0.3 is 12.1 Å². The van der Waals surface area contributed by atoms with E-state index in [1.54, 1.807) is 27.7 Å². The summed E-state index contributed by atoms with van der Waals surface area (Å²) in [5, 5.41) is 5.39. The van der Waals surface area contributed by atoms with Crippen molar-refractivity contribution >= 4 is 18.0 Å². The number of carbonyl (C=O) groups is 3. The zero-order chi connectivity index (χ0) is 23.6. The van der Waals surface area contributed by atoms with E-state index in [2.05, 4.69) is 10.6 Å². The third kappa shape index (κ3) is 8.79. The largest absolute Gasteiger partial charge is 0.464 e. The molecule has 7 nitrogen and oxygen atoms in total. The van der Waals surface area contributed by atoms with Crippen molar-refractivity contribution in [3.8, 4) is 0 Å². The van der Waals surface area contributed by atoms with E-state index in [0.29, 0.717) is 0 Å². The van der Waals surface area contributed by atoms with E-state index >= 15 is 0 Å². The molecule has 2 aromatic carbocycles. The number of amides is 2. The highest BCUT2D eigenvalue weighted by atomic mass is 16.6. The van der Waals surface area contributed by atoms with Gasteiger partial charge < -0.3 is 20.1 Å². The van der Waals surface area contributed by atoms with Crippen LogP contribution in [-0.2, 0) is 31.9 Å². The lowest BCUT2D eigenvalue weighted by Gasteiger charge is -2.25. The topological polar surface area (TPSA) is 93.7 Å². The minimum Gasteiger partial charge on any atom is -0.464 e. The molecule has 2 rings (SSSR count). The van der Waals surface area contributed by atoms with Gasteiger partial charge in [-0.05, 0) is 38.8 Å². The first kappa shape index (κ1) is 24.9. The molecule has 0 fully saturated rings. The highest BCUT2D eigenvalue weighted by Gasteiger charge is 2.29. The maximum absolute atomic E-state index is 13.2. The van der Waals surface area contributed by atoms with Gasteiger partial charge in [-0.1, -0.05) is 60.7 Å². The monoisotopic (exact) mass is 440 g/mol. The van der Waals surface area contributed by atoms with Gasteiger partial charge in [0.15, 0.2) is 0 Å². The first-order valence-corrected chi connectivity index (χ1v) is 10.7. The Morgan fingerprint density at radius 2 is 1.31 bits per heavy atom. The number of hydrogen-bond donors (Lipinski definition) is 2. The smallest absolute Gasteiger partial charge is 0.408 e. The molecule has 2 N–H and O–H groups in total. The molecule has 2 amide bonds. The highest BCUT2D eigenvalue weighted by Crippen LogP contribution is 2.10. The Morgan fingerprint density at radius 1 is 0.812 bits per heavy atom. The predicted molar refractivity (Wildman–Crippen MR) is 122 cm³/mol. The average Bonchev–Trinajstić information content (AvgIpc) is 2.73. The number of rotatable bonds is 9. The summed E-state index contributed by atoms with van der Waals surface area (Å²) in [6.07, 6.45) is -0.188. The lowest BCUT2D eigenvalue weighted by Crippen LogP contribution is -2.54. The Labute approximate surface area is 189 Å².